The van der Waals surface area contributed by atoms with E-state index in [9.17, 15) is 0 Å². The Balaban J connectivity index is 1.45. The lowest BCUT2D eigenvalue weighted by molar-refractivity contribution is -0.0623. The molecule has 3 aliphatic rings. The van der Waals surface area contributed by atoms with Crippen LogP contribution in [0.3, 0.4) is 0 Å². The number of hydrogen-bond acceptors (Lipinski definition) is 3. The van der Waals surface area contributed by atoms with Crippen molar-refractivity contribution in [1.29, 1.82) is 0 Å². The van der Waals surface area contributed by atoms with Crippen LogP contribution in [-0.2, 0) is 4.74 Å². The smallest absolute Gasteiger partial charge is 0.0674 e. The minimum absolute atomic E-state index is 0.436. The van der Waals surface area contributed by atoms with Crippen LogP contribution < -0.4 is 5.32 Å². The van der Waals surface area contributed by atoms with Gasteiger partial charge in [0, 0.05) is 25.2 Å². The van der Waals surface area contributed by atoms with Crippen LogP contribution in [0, 0.1) is 5.92 Å². The van der Waals surface area contributed by atoms with E-state index < -0.39 is 0 Å². The summed E-state index contributed by atoms with van der Waals surface area (Å²) in [5.41, 5.74) is 0. The molecule has 0 spiro atoms. The van der Waals surface area contributed by atoms with Crippen LogP contribution in [0.5, 0.6) is 0 Å². The van der Waals surface area contributed by atoms with Gasteiger partial charge in [-0.15, -0.1) is 0 Å². The molecule has 1 saturated heterocycles. The molecule has 0 aromatic heterocycles. The van der Waals surface area contributed by atoms with Gasteiger partial charge in [0.15, 0.2) is 0 Å². The standard InChI is InChI=1S/C13H24N2O/c1-10-9-15(6-7-16-10)13-5-2-11(13)8-14-12-3-4-12/h10-14H,2-9H2,1H3. The zero-order chi connectivity index (χ0) is 11.0. The number of hydrogen-bond donors (Lipinski definition) is 1. The van der Waals surface area contributed by atoms with Gasteiger partial charge < -0.3 is 10.1 Å². The van der Waals surface area contributed by atoms with E-state index in [2.05, 4.69) is 17.1 Å². The first-order chi connectivity index (χ1) is 7.83. The Kier molecular flexibility index (Phi) is 3.18. The van der Waals surface area contributed by atoms with Gasteiger partial charge in [0.05, 0.1) is 12.7 Å². The predicted octanol–water partition coefficient (Wildman–Crippen LogP) is 1.24. The highest BCUT2D eigenvalue weighted by atomic mass is 16.5. The topological polar surface area (TPSA) is 24.5 Å². The predicted molar refractivity (Wildman–Crippen MR) is 64.5 cm³/mol. The summed E-state index contributed by atoms with van der Waals surface area (Å²) in [6.07, 6.45) is 6.09. The van der Waals surface area contributed by atoms with E-state index in [4.69, 9.17) is 4.74 Å². The minimum Gasteiger partial charge on any atom is -0.376 e. The molecule has 3 unspecified atom stereocenters. The third-order valence-electron chi connectivity index (χ3n) is 4.36. The van der Waals surface area contributed by atoms with Gasteiger partial charge in [-0.05, 0) is 45.1 Å². The maximum Gasteiger partial charge on any atom is 0.0674 e. The Bertz CT molecular complexity index is 242. The Labute approximate surface area is 98.5 Å². The maximum absolute atomic E-state index is 5.61. The molecule has 0 bridgehead atoms. The highest BCUT2D eigenvalue weighted by Crippen LogP contribution is 2.33. The fourth-order valence-electron chi connectivity index (χ4n) is 3.02. The lowest BCUT2D eigenvalue weighted by Gasteiger charge is -2.47. The Hall–Kier alpha value is -0.120. The van der Waals surface area contributed by atoms with Crippen LogP contribution in [0.2, 0.25) is 0 Å². The van der Waals surface area contributed by atoms with E-state index in [1.165, 1.54) is 32.2 Å². The summed E-state index contributed by atoms with van der Waals surface area (Å²) in [4.78, 5) is 2.66. The number of morpholine rings is 1. The molecular weight excluding hydrogens is 200 g/mol. The number of ether oxygens (including phenoxy) is 1. The molecule has 0 aromatic carbocycles. The van der Waals surface area contributed by atoms with Crippen LogP contribution in [-0.4, -0.2) is 49.3 Å². The normalized spacial score (nSPS) is 40.7. The van der Waals surface area contributed by atoms with Crippen LogP contribution >= 0.6 is 0 Å². The van der Waals surface area contributed by atoms with Gasteiger partial charge in [-0.3, -0.25) is 4.90 Å². The first kappa shape index (κ1) is 11.0. The van der Waals surface area contributed by atoms with Crippen LogP contribution in [0.4, 0.5) is 0 Å². The van der Waals surface area contributed by atoms with Crippen molar-refractivity contribution in [2.75, 3.05) is 26.2 Å². The van der Waals surface area contributed by atoms with Crippen molar-refractivity contribution in [3.05, 3.63) is 0 Å². The molecule has 3 heteroatoms. The van der Waals surface area contributed by atoms with Crippen LogP contribution in [0.25, 0.3) is 0 Å². The van der Waals surface area contributed by atoms with E-state index in [1.54, 1.807) is 0 Å². The minimum atomic E-state index is 0.436. The highest BCUT2D eigenvalue weighted by molar-refractivity contribution is 4.93. The third kappa shape index (κ3) is 2.41. The molecule has 3 nitrogen and oxygen atoms in total. The van der Waals surface area contributed by atoms with Gasteiger partial charge in [0.2, 0.25) is 0 Å². The molecule has 2 saturated carbocycles. The monoisotopic (exact) mass is 224 g/mol. The molecule has 3 fully saturated rings. The molecule has 0 amide bonds. The summed E-state index contributed by atoms with van der Waals surface area (Å²) in [5, 5.41) is 3.68. The van der Waals surface area contributed by atoms with E-state index in [0.29, 0.717) is 6.10 Å². The van der Waals surface area contributed by atoms with E-state index in [1.807, 2.05) is 0 Å². The molecule has 1 heterocycles. The second-order valence-electron chi connectivity index (χ2n) is 5.76. The summed E-state index contributed by atoms with van der Waals surface area (Å²) < 4.78 is 5.61. The Morgan fingerprint density at radius 2 is 2.12 bits per heavy atom. The number of rotatable bonds is 4. The zero-order valence-corrected chi connectivity index (χ0v) is 10.3. The molecule has 3 atom stereocenters. The number of nitrogens with one attached hydrogen (secondary N) is 1. The molecule has 92 valence electrons. The summed E-state index contributed by atoms with van der Waals surface area (Å²) in [6, 6.07) is 1.71. The molecule has 1 N–H and O–H groups in total. The number of nitrogens with zero attached hydrogens (tertiary/aromatic N) is 1. The molecule has 2 aliphatic carbocycles. The van der Waals surface area contributed by atoms with Crippen molar-refractivity contribution in [2.45, 2.75) is 50.8 Å². The summed E-state index contributed by atoms with van der Waals surface area (Å²) in [5.74, 6) is 0.908. The molecule has 16 heavy (non-hydrogen) atoms. The fourth-order valence-corrected chi connectivity index (χ4v) is 3.02. The quantitative estimate of drug-likeness (QED) is 0.777. The van der Waals surface area contributed by atoms with Gasteiger partial charge in [-0.2, -0.15) is 0 Å². The average molecular weight is 224 g/mol. The van der Waals surface area contributed by atoms with Gasteiger partial charge >= 0.3 is 0 Å². The Morgan fingerprint density at radius 3 is 2.75 bits per heavy atom. The van der Waals surface area contributed by atoms with Crippen molar-refractivity contribution in [3.63, 3.8) is 0 Å². The second kappa shape index (κ2) is 4.63. The van der Waals surface area contributed by atoms with E-state index in [-0.39, 0.29) is 0 Å². The zero-order valence-electron chi connectivity index (χ0n) is 10.3. The van der Waals surface area contributed by atoms with Gasteiger partial charge in [-0.25, -0.2) is 0 Å². The summed E-state index contributed by atoms with van der Waals surface area (Å²) in [6.45, 7) is 6.67. The van der Waals surface area contributed by atoms with Crippen molar-refractivity contribution in [2.24, 2.45) is 5.92 Å². The fraction of sp³-hybridized carbons (Fsp3) is 1.00. The van der Waals surface area contributed by atoms with Crippen molar-refractivity contribution in [3.8, 4) is 0 Å². The highest BCUT2D eigenvalue weighted by Gasteiger charge is 2.37. The first-order valence-electron chi connectivity index (χ1n) is 6.92. The Morgan fingerprint density at radius 1 is 1.25 bits per heavy atom. The molecule has 0 aromatic rings. The average Bonchev–Trinajstić information content (AvgIpc) is 3.00. The van der Waals surface area contributed by atoms with E-state index in [0.717, 1.165) is 37.7 Å². The van der Waals surface area contributed by atoms with Crippen molar-refractivity contribution >= 4 is 0 Å². The molecular formula is C13H24N2O. The summed E-state index contributed by atoms with van der Waals surface area (Å²) in [7, 11) is 0. The lowest BCUT2D eigenvalue weighted by atomic mass is 9.78. The van der Waals surface area contributed by atoms with Crippen LogP contribution in [0.1, 0.15) is 32.6 Å². The lowest BCUT2D eigenvalue weighted by Crippen LogP contribution is -2.55. The van der Waals surface area contributed by atoms with E-state index >= 15 is 0 Å². The third-order valence-corrected chi connectivity index (χ3v) is 4.36. The van der Waals surface area contributed by atoms with Gasteiger partial charge in [0.25, 0.3) is 0 Å². The molecule has 3 rings (SSSR count). The first-order valence-corrected chi connectivity index (χ1v) is 6.92. The maximum atomic E-state index is 5.61. The summed E-state index contributed by atoms with van der Waals surface area (Å²) >= 11 is 0. The van der Waals surface area contributed by atoms with Crippen molar-refractivity contribution < 1.29 is 4.74 Å². The second-order valence-corrected chi connectivity index (χ2v) is 5.76. The largest absolute Gasteiger partial charge is 0.376 e. The van der Waals surface area contributed by atoms with Crippen molar-refractivity contribution in [1.82, 2.24) is 10.2 Å². The van der Waals surface area contributed by atoms with Gasteiger partial charge in [0.1, 0.15) is 0 Å². The molecule has 1 aliphatic heterocycles. The SMILES string of the molecule is CC1CN(C2CCC2CNC2CC2)CCO1. The molecule has 0 radical (unpaired) electrons. The van der Waals surface area contributed by atoms with Gasteiger partial charge in [-0.1, -0.05) is 0 Å². The van der Waals surface area contributed by atoms with Crippen LogP contribution in [0.15, 0.2) is 0 Å².